The first kappa shape index (κ1) is 9.32. The molecule has 0 saturated heterocycles. The van der Waals surface area contributed by atoms with Crippen LogP contribution in [0.1, 0.15) is 25.7 Å². The van der Waals surface area contributed by atoms with Crippen molar-refractivity contribution in [3.8, 4) is 0 Å². The van der Waals surface area contributed by atoms with Crippen LogP contribution in [0, 0.1) is 5.92 Å². The summed E-state index contributed by atoms with van der Waals surface area (Å²) in [4.78, 5) is 10.3. The minimum atomic E-state index is -0.986. The molecule has 0 aromatic carbocycles. The highest BCUT2D eigenvalue weighted by Gasteiger charge is 2.25. The molecule has 1 saturated carbocycles. The van der Waals surface area contributed by atoms with Crippen LogP contribution in [0.5, 0.6) is 0 Å². The molecule has 0 aromatic rings. The van der Waals surface area contributed by atoms with E-state index in [-0.39, 0.29) is 18.6 Å². The number of carboxylic acid groups (broad SMARTS) is 1. The normalized spacial score (nSPS) is 29.8. The van der Waals surface area contributed by atoms with Crippen molar-refractivity contribution in [2.24, 2.45) is 5.92 Å². The Balaban J connectivity index is 2.41. The van der Waals surface area contributed by atoms with Gasteiger partial charge in [-0.3, -0.25) is 0 Å². The van der Waals surface area contributed by atoms with Crippen molar-refractivity contribution >= 4 is 6.09 Å². The molecule has 2 atom stereocenters. The highest BCUT2D eigenvalue weighted by Crippen LogP contribution is 2.23. The highest BCUT2D eigenvalue weighted by molar-refractivity contribution is 5.64. The van der Waals surface area contributed by atoms with E-state index in [4.69, 9.17) is 10.2 Å². The van der Waals surface area contributed by atoms with E-state index in [1.165, 1.54) is 0 Å². The van der Waals surface area contributed by atoms with Gasteiger partial charge in [-0.15, -0.1) is 0 Å². The molecule has 1 aliphatic carbocycles. The van der Waals surface area contributed by atoms with E-state index in [0.29, 0.717) is 0 Å². The van der Waals surface area contributed by atoms with E-state index in [1.54, 1.807) is 0 Å². The van der Waals surface area contributed by atoms with Gasteiger partial charge in [0, 0.05) is 18.6 Å². The van der Waals surface area contributed by atoms with E-state index < -0.39 is 6.09 Å². The summed E-state index contributed by atoms with van der Waals surface area (Å²) in [5.41, 5.74) is 0. The third-order valence-electron chi connectivity index (χ3n) is 2.45. The average molecular weight is 173 g/mol. The summed E-state index contributed by atoms with van der Waals surface area (Å²) in [7, 11) is 0. The van der Waals surface area contributed by atoms with Gasteiger partial charge in [-0.25, -0.2) is 4.79 Å². The van der Waals surface area contributed by atoms with Gasteiger partial charge < -0.3 is 15.5 Å². The molecule has 12 heavy (non-hydrogen) atoms. The molecule has 0 radical (unpaired) electrons. The Kier molecular flexibility index (Phi) is 3.34. The maximum absolute atomic E-state index is 10.3. The van der Waals surface area contributed by atoms with Crippen LogP contribution in [0.2, 0.25) is 0 Å². The second-order valence-corrected chi connectivity index (χ2v) is 3.28. The van der Waals surface area contributed by atoms with E-state index in [2.05, 4.69) is 5.32 Å². The van der Waals surface area contributed by atoms with Crippen LogP contribution >= 0.6 is 0 Å². The summed E-state index contributed by atoms with van der Waals surface area (Å²) >= 11 is 0. The molecule has 1 amide bonds. The molecule has 3 N–H and O–H groups in total. The molecule has 4 heteroatoms. The van der Waals surface area contributed by atoms with Crippen LogP contribution in [0.25, 0.3) is 0 Å². The smallest absolute Gasteiger partial charge is 0.404 e. The second-order valence-electron chi connectivity index (χ2n) is 3.28. The fraction of sp³-hybridized carbons (Fsp3) is 0.875. The Morgan fingerprint density at radius 1 is 1.42 bits per heavy atom. The van der Waals surface area contributed by atoms with E-state index in [0.717, 1.165) is 25.7 Å². The van der Waals surface area contributed by atoms with Crippen LogP contribution in [0.15, 0.2) is 0 Å². The quantitative estimate of drug-likeness (QED) is 0.578. The van der Waals surface area contributed by atoms with Gasteiger partial charge in [0.1, 0.15) is 0 Å². The number of rotatable bonds is 2. The van der Waals surface area contributed by atoms with E-state index in [1.807, 2.05) is 0 Å². The lowest BCUT2D eigenvalue weighted by atomic mass is 9.85. The van der Waals surface area contributed by atoms with E-state index >= 15 is 0 Å². The van der Waals surface area contributed by atoms with Crippen molar-refractivity contribution in [3.05, 3.63) is 0 Å². The van der Waals surface area contributed by atoms with Crippen LogP contribution in [-0.4, -0.2) is 29.0 Å². The van der Waals surface area contributed by atoms with Gasteiger partial charge in [-0.05, 0) is 12.8 Å². The number of carbonyl (C=O) groups is 1. The fourth-order valence-corrected chi connectivity index (χ4v) is 1.77. The van der Waals surface area contributed by atoms with Crippen molar-refractivity contribution in [2.75, 3.05) is 6.61 Å². The van der Waals surface area contributed by atoms with Crippen LogP contribution in [0.3, 0.4) is 0 Å². The molecule has 70 valence electrons. The minimum Gasteiger partial charge on any atom is -0.465 e. The van der Waals surface area contributed by atoms with Crippen molar-refractivity contribution in [1.82, 2.24) is 5.32 Å². The molecule has 0 heterocycles. The van der Waals surface area contributed by atoms with Crippen LogP contribution in [0.4, 0.5) is 4.79 Å². The van der Waals surface area contributed by atoms with Gasteiger partial charge in [0.25, 0.3) is 0 Å². The Morgan fingerprint density at radius 2 is 2.08 bits per heavy atom. The number of hydrogen-bond acceptors (Lipinski definition) is 2. The zero-order chi connectivity index (χ0) is 8.97. The van der Waals surface area contributed by atoms with Crippen molar-refractivity contribution in [1.29, 1.82) is 0 Å². The lowest BCUT2D eigenvalue weighted by Crippen LogP contribution is -2.42. The van der Waals surface area contributed by atoms with Gasteiger partial charge in [0.2, 0.25) is 0 Å². The molecule has 1 fully saturated rings. The molecule has 0 aliphatic heterocycles. The lowest BCUT2D eigenvalue weighted by Gasteiger charge is -2.29. The zero-order valence-corrected chi connectivity index (χ0v) is 6.99. The Bertz CT molecular complexity index is 160. The Labute approximate surface area is 71.6 Å². The summed E-state index contributed by atoms with van der Waals surface area (Å²) < 4.78 is 0. The molecular weight excluding hydrogens is 158 g/mol. The largest absolute Gasteiger partial charge is 0.465 e. The summed E-state index contributed by atoms with van der Waals surface area (Å²) in [6, 6.07) is -0.0405. The van der Waals surface area contributed by atoms with Gasteiger partial charge in [-0.2, -0.15) is 0 Å². The molecule has 0 spiro atoms. The average Bonchev–Trinajstić information content (AvgIpc) is 2.04. The molecule has 4 nitrogen and oxygen atoms in total. The number of amides is 1. The fourth-order valence-electron chi connectivity index (χ4n) is 1.77. The summed E-state index contributed by atoms with van der Waals surface area (Å²) in [5, 5.41) is 19.9. The second kappa shape index (κ2) is 4.30. The SMILES string of the molecule is O=C(O)NC1CCCCC1CO. The summed E-state index contributed by atoms with van der Waals surface area (Å²) in [5.74, 6) is 0.120. The third-order valence-corrected chi connectivity index (χ3v) is 2.45. The number of nitrogens with one attached hydrogen (secondary N) is 1. The number of hydrogen-bond donors (Lipinski definition) is 3. The molecule has 1 aliphatic rings. The summed E-state index contributed by atoms with van der Waals surface area (Å²) in [6.07, 6.45) is 2.96. The Morgan fingerprint density at radius 3 is 2.67 bits per heavy atom. The third kappa shape index (κ3) is 2.37. The number of aliphatic hydroxyl groups excluding tert-OH is 1. The lowest BCUT2D eigenvalue weighted by molar-refractivity contribution is 0.140. The predicted molar refractivity (Wildman–Crippen MR) is 44.0 cm³/mol. The monoisotopic (exact) mass is 173 g/mol. The van der Waals surface area contributed by atoms with Crippen LogP contribution in [-0.2, 0) is 0 Å². The Hall–Kier alpha value is -0.770. The molecule has 2 unspecified atom stereocenters. The van der Waals surface area contributed by atoms with E-state index in [9.17, 15) is 4.79 Å². The predicted octanol–water partition coefficient (Wildman–Crippen LogP) is 0.805. The molecule has 0 bridgehead atoms. The van der Waals surface area contributed by atoms with Crippen LogP contribution < -0.4 is 5.32 Å². The first-order chi connectivity index (χ1) is 5.74. The first-order valence-corrected chi connectivity index (χ1v) is 4.34. The van der Waals surface area contributed by atoms with Gasteiger partial charge in [-0.1, -0.05) is 12.8 Å². The molecule has 1 rings (SSSR count). The van der Waals surface area contributed by atoms with Gasteiger partial charge in [0.05, 0.1) is 0 Å². The molecule has 0 aromatic heterocycles. The van der Waals surface area contributed by atoms with Crippen molar-refractivity contribution < 1.29 is 15.0 Å². The minimum absolute atomic E-state index is 0.0405. The highest BCUT2D eigenvalue weighted by atomic mass is 16.4. The zero-order valence-electron chi connectivity index (χ0n) is 6.99. The first-order valence-electron chi connectivity index (χ1n) is 4.34. The number of aliphatic hydroxyl groups is 1. The topological polar surface area (TPSA) is 69.6 Å². The maximum atomic E-state index is 10.3. The van der Waals surface area contributed by atoms with Gasteiger partial charge in [0.15, 0.2) is 0 Å². The van der Waals surface area contributed by atoms with Gasteiger partial charge >= 0.3 is 6.09 Å². The maximum Gasteiger partial charge on any atom is 0.404 e. The molecular formula is C8H15NO3. The van der Waals surface area contributed by atoms with Crippen molar-refractivity contribution in [3.63, 3.8) is 0 Å². The standard InChI is InChI=1S/C8H15NO3/c10-5-6-3-1-2-4-7(6)9-8(11)12/h6-7,9-10H,1-5H2,(H,11,12). The summed E-state index contributed by atoms with van der Waals surface area (Å²) in [6.45, 7) is 0.0882. The van der Waals surface area contributed by atoms with Crippen molar-refractivity contribution in [2.45, 2.75) is 31.7 Å².